The molecule has 0 heterocycles. The van der Waals surface area contributed by atoms with Crippen molar-refractivity contribution in [2.24, 2.45) is 40.2 Å². The first-order chi connectivity index (χ1) is 18.6. The van der Waals surface area contributed by atoms with Crippen molar-refractivity contribution in [3.63, 3.8) is 0 Å². The maximum atomic E-state index is 12.4. The molecule has 1 amide bonds. The predicted molar refractivity (Wildman–Crippen MR) is 153 cm³/mol. The Hall–Kier alpha value is -2.84. The zero-order valence-electron chi connectivity index (χ0n) is 23.2. The topological polar surface area (TPSA) is 93.2 Å². The maximum absolute atomic E-state index is 12.4. The summed E-state index contributed by atoms with van der Waals surface area (Å²) in [7, 11) is 0. The van der Waals surface area contributed by atoms with Gasteiger partial charge in [-0.2, -0.15) is 5.26 Å². The zero-order valence-corrected chi connectivity index (χ0v) is 24.0. The number of amides is 1. The number of hydrogen-bond acceptors (Lipinski definition) is 4. The second-order valence-electron chi connectivity index (χ2n) is 12.6. The summed E-state index contributed by atoms with van der Waals surface area (Å²) in [5, 5.41) is 10.6. The zero-order chi connectivity index (χ0) is 27.9. The lowest BCUT2D eigenvalue weighted by Crippen LogP contribution is -2.50. The van der Waals surface area contributed by atoms with E-state index < -0.39 is 5.91 Å². The molecule has 0 radical (unpaired) electrons. The van der Waals surface area contributed by atoms with Gasteiger partial charge in [0.15, 0.2) is 0 Å². The van der Waals surface area contributed by atoms with Gasteiger partial charge >= 0.3 is 5.97 Å². The number of fused-ring (bicyclic) bond motifs is 5. The highest BCUT2D eigenvalue weighted by molar-refractivity contribution is 6.32. The van der Waals surface area contributed by atoms with E-state index in [-0.39, 0.29) is 34.4 Å². The minimum absolute atomic E-state index is 0.00102. The van der Waals surface area contributed by atoms with Gasteiger partial charge in [-0.3, -0.25) is 9.59 Å². The van der Waals surface area contributed by atoms with Crippen LogP contribution in [0.4, 0.5) is 0 Å². The van der Waals surface area contributed by atoms with E-state index >= 15 is 0 Å². The molecule has 0 unspecified atom stereocenters. The van der Waals surface area contributed by atoms with Crippen LogP contribution in [0, 0.1) is 45.8 Å². The van der Waals surface area contributed by atoms with E-state index in [9.17, 15) is 14.9 Å². The number of carbonyl (C=O) groups is 2. The lowest BCUT2D eigenvalue weighted by Gasteiger charge is -2.58. The van der Waals surface area contributed by atoms with Crippen LogP contribution < -0.4 is 5.73 Å². The number of rotatable bonds is 5. The number of primary amides is 1. The number of halogens is 1. The van der Waals surface area contributed by atoms with E-state index in [1.807, 2.05) is 36.4 Å². The minimum atomic E-state index is -0.667. The Morgan fingerprint density at radius 1 is 1.13 bits per heavy atom. The van der Waals surface area contributed by atoms with Gasteiger partial charge in [-0.15, -0.1) is 0 Å². The summed E-state index contributed by atoms with van der Waals surface area (Å²) in [6, 6.07) is 9.71. The van der Waals surface area contributed by atoms with Crippen molar-refractivity contribution < 1.29 is 14.3 Å². The molecule has 5 rings (SSSR count). The maximum Gasteiger partial charge on any atom is 0.302 e. The third-order valence-electron chi connectivity index (χ3n) is 10.8. The monoisotopic (exact) mass is 546 g/mol. The van der Waals surface area contributed by atoms with E-state index in [1.54, 1.807) is 0 Å². The van der Waals surface area contributed by atoms with Crippen molar-refractivity contribution in [2.75, 3.05) is 0 Å². The van der Waals surface area contributed by atoms with Gasteiger partial charge in [0.1, 0.15) is 17.7 Å². The van der Waals surface area contributed by atoms with Crippen LogP contribution in [0.3, 0.4) is 0 Å². The van der Waals surface area contributed by atoms with Gasteiger partial charge in [-0.1, -0.05) is 67.4 Å². The molecule has 1 aromatic carbocycles. The summed E-state index contributed by atoms with van der Waals surface area (Å²) in [5.41, 5.74) is 9.02. The molecule has 2 N–H and O–H groups in total. The van der Waals surface area contributed by atoms with Gasteiger partial charge in [0, 0.05) is 18.4 Å². The Balaban J connectivity index is 1.46. The number of carbonyl (C=O) groups excluding carboxylic acids is 2. The third kappa shape index (κ3) is 4.86. The van der Waals surface area contributed by atoms with Crippen molar-refractivity contribution in [3.8, 4) is 6.07 Å². The molecule has 0 aromatic heterocycles. The van der Waals surface area contributed by atoms with Gasteiger partial charge < -0.3 is 10.5 Å². The standard InChI is InChI=1S/C33H39ClN2O3/c1-20(37)39-23-14-16-32(2)22(18-23)9-11-25-28-13-12-27(33(28,3)17-15-29(25)32)24(26(19-35)31(36)38)10-8-21-6-4-5-7-30(21)34/h4-10,23,25,27-29H,11-18H2,1-3H3,(H2,36,38)/b10-8+,26-24+/t23-,25-,27+,28-,29-,32-,33+/m0/s1. The molecule has 0 spiro atoms. The van der Waals surface area contributed by atoms with Crippen LogP contribution in [0.1, 0.15) is 77.7 Å². The molecule has 0 saturated heterocycles. The molecule has 4 aliphatic carbocycles. The van der Waals surface area contributed by atoms with Crippen LogP contribution in [-0.4, -0.2) is 18.0 Å². The van der Waals surface area contributed by atoms with E-state index in [0.717, 1.165) is 62.5 Å². The first-order valence-corrected chi connectivity index (χ1v) is 14.7. The molecule has 1 aromatic rings. The summed E-state index contributed by atoms with van der Waals surface area (Å²) in [4.78, 5) is 24.0. The SMILES string of the molecule is CC(=O)O[C@H]1CC[C@@]2(C)C(=CC[C@H]3[C@@H]4CC[C@H](C(/C=C/c5ccccc5Cl)=C(\C#N)C(N)=O)[C@@]4(C)CC[C@@H]32)C1. The highest BCUT2D eigenvalue weighted by atomic mass is 35.5. The summed E-state index contributed by atoms with van der Waals surface area (Å²) >= 11 is 6.41. The minimum Gasteiger partial charge on any atom is -0.462 e. The molecule has 7 atom stereocenters. The first kappa shape index (κ1) is 27.7. The number of hydrogen-bond donors (Lipinski definition) is 1. The molecule has 6 heteroatoms. The number of allylic oxidation sites excluding steroid dienone is 3. The predicted octanol–water partition coefficient (Wildman–Crippen LogP) is 7.17. The van der Waals surface area contributed by atoms with Crippen LogP contribution in [-0.2, 0) is 14.3 Å². The van der Waals surface area contributed by atoms with Gasteiger partial charge in [-0.05, 0) is 96.7 Å². The van der Waals surface area contributed by atoms with E-state index in [0.29, 0.717) is 22.8 Å². The van der Waals surface area contributed by atoms with E-state index in [1.165, 1.54) is 12.5 Å². The summed E-state index contributed by atoms with van der Waals surface area (Å²) in [6.07, 6.45) is 14.4. The molecule has 0 bridgehead atoms. The lowest BCUT2D eigenvalue weighted by molar-refractivity contribution is -0.148. The van der Waals surface area contributed by atoms with Crippen molar-refractivity contribution in [2.45, 2.75) is 78.2 Å². The Bertz CT molecular complexity index is 1310. The smallest absolute Gasteiger partial charge is 0.302 e. The van der Waals surface area contributed by atoms with Crippen LogP contribution in [0.15, 0.2) is 53.1 Å². The number of nitriles is 1. The summed E-state index contributed by atoms with van der Waals surface area (Å²) < 4.78 is 5.60. The molecular formula is C33H39ClN2O3. The molecule has 3 saturated carbocycles. The van der Waals surface area contributed by atoms with Crippen LogP contribution in [0.25, 0.3) is 6.08 Å². The Labute approximate surface area is 237 Å². The molecule has 3 fully saturated rings. The largest absolute Gasteiger partial charge is 0.462 e. The van der Waals surface area contributed by atoms with Crippen LogP contribution in [0.2, 0.25) is 5.02 Å². The van der Waals surface area contributed by atoms with Gasteiger partial charge in [0.05, 0.1) is 0 Å². The number of ether oxygens (including phenoxy) is 1. The Kier molecular flexibility index (Phi) is 7.55. The second-order valence-corrected chi connectivity index (χ2v) is 13.0. The number of esters is 1. The molecule has 0 aliphatic heterocycles. The third-order valence-corrected chi connectivity index (χ3v) is 11.1. The Morgan fingerprint density at radius 3 is 2.59 bits per heavy atom. The number of nitrogens with zero attached hydrogens (tertiary/aromatic N) is 1. The van der Waals surface area contributed by atoms with E-state index in [4.69, 9.17) is 22.1 Å². The number of benzene rings is 1. The number of nitrogens with two attached hydrogens (primary N) is 1. The average molecular weight is 547 g/mol. The molecule has 206 valence electrons. The molecule has 4 aliphatic rings. The Morgan fingerprint density at radius 2 is 1.90 bits per heavy atom. The first-order valence-electron chi connectivity index (χ1n) is 14.3. The fourth-order valence-electron chi connectivity index (χ4n) is 8.90. The molecule has 5 nitrogen and oxygen atoms in total. The summed E-state index contributed by atoms with van der Waals surface area (Å²) in [5.74, 6) is 0.912. The fraction of sp³-hybridized carbons (Fsp3) is 0.545. The fourth-order valence-corrected chi connectivity index (χ4v) is 9.10. The van der Waals surface area contributed by atoms with Crippen molar-refractivity contribution >= 4 is 29.6 Å². The second kappa shape index (κ2) is 10.6. The van der Waals surface area contributed by atoms with Crippen LogP contribution >= 0.6 is 11.6 Å². The highest BCUT2D eigenvalue weighted by Crippen LogP contribution is 2.67. The van der Waals surface area contributed by atoms with Crippen molar-refractivity contribution in [3.05, 3.63) is 63.7 Å². The van der Waals surface area contributed by atoms with Crippen LogP contribution in [0.5, 0.6) is 0 Å². The molecule has 39 heavy (non-hydrogen) atoms. The van der Waals surface area contributed by atoms with Crippen molar-refractivity contribution in [1.82, 2.24) is 0 Å². The van der Waals surface area contributed by atoms with Crippen molar-refractivity contribution in [1.29, 1.82) is 5.26 Å². The van der Waals surface area contributed by atoms with Gasteiger partial charge in [0.25, 0.3) is 5.91 Å². The lowest BCUT2D eigenvalue weighted by atomic mass is 9.47. The van der Waals surface area contributed by atoms with E-state index in [2.05, 4.69) is 26.0 Å². The quantitative estimate of drug-likeness (QED) is 0.139. The van der Waals surface area contributed by atoms with Gasteiger partial charge in [-0.25, -0.2) is 0 Å². The highest BCUT2D eigenvalue weighted by Gasteiger charge is 2.59. The normalized spacial score (nSPS) is 36.1. The van der Waals surface area contributed by atoms with Gasteiger partial charge in [0.2, 0.25) is 0 Å². The average Bonchev–Trinajstić information content (AvgIpc) is 3.24. The molecular weight excluding hydrogens is 508 g/mol. The summed E-state index contributed by atoms with van der Waals surface area (Å²) in [6.45, 7) is 6.32.